The van der Waals surface area contributed by atoms with Crippen LogP contribution in [0.4, 0.5) is 0 Å². The van der Waals surface area contributed by atoms with Crippen molar-refractivity contribution in [2.24, 2.45) is 17.8 Å². The van der Waals surface area contributed by atoms with Gasteiger partial charge in [-0.25, -0.2) is 0 Å². The van der Waals surface area contributed by atoms with Crippen molar-refractivity contribution < 1.29 is 0 Å². The molecule has 4 atom stereocenters. The predicted molar refractivity (Wildman–Crippen MR) is 74.5 cm³/mol. The molecule has 0 saturated heterocycles. The molecule has 1 heteroatoms. The Morgan fingerprint density at radius 1 is 0.944 bits per heavy atom. The van der Waals surface area contributed by atoms with Crippen molar-refractivity contribution in [1.82, 2.24) is 5.32 Å². The average molecular weight is 241 g/mol. The number of rotatable bonds is 5. The van der Waals surface area contributed by atoms with Crippen molar-refractivity contribution in [2.75, 3.05) is 6.54 Å². The molecule has 1 nitrogen and oxygen atoms in total. The smallest absolute Gasteiger partial charge is 0.00683 e. The lowest BCUT2D eigenvalue weighted by molar-refractivity contribution is 0.144. The van der Waals surface area contributed by atoms with Crippen LogP contribution in [-0.4, -0.2) is 12.6 Å². The summed E-state index contributed by atoms with van der Waals surface area (Å²) in [5.74, 6) is 3.91. The van der Waals surface area contributed by atoms with Gasteiger partial charge in [0.25, 0.3) is 0 Å². The van der Waals surface area contributed by atoms with Gasteiger partial charge in [-0.15, -0.1) is 0 Å². The first-order chi connectivity index (χ1) is 8.92. The van der Waals surface area contributed by atoms with E-state index in [-0.39, 0.29) is 0 Å². The minimum absolute atomic E-state index is 0.885. The first kappa shape index (κ1) is 11.0. The SMILES string of the molecule is c1ccc(C2CC2C2CCC2CNC2CC2)cc1. The fourth-order valence-corrected chi connectivity index (χ4v) is 3.79. The lowest BCUT2D eigenvalue weighted by Crippen LogP contribution is -2.37. The lowest BCUT2D eigenvalue weighted by atomic mass is 9.70. The van der Waals surface area contributed by atoms with Crippen molar-refractivity contribution in [2.45, 2.75) is 44.1 Å². The summed E-state index contributed by atoms with van der Waals surface area (Å²) in [7, 11) is 0. The van der Waals surface area contributed by atoms with Crippen LogP contribution in [0.25, 0.3) is 0 Å². The van der Waals surface area contributed by atoms with Crippen molar-refractivity contribution in [1.29, 1.82) is 0 Å². The third-order valence-corrected chi connectivity index (χ3v) is 5.34. The Labute approximate surface area is 110 Å². The van der Waals surface area contributed by atoms with E-state index in [4.69, 9.17) is 0 Å². The molecule has 0 radical (unpaired) electrons. The summed E-state index contributed by atoms with van der Waals surface area (Å²) >= 11 is 0. The van der Waals surface area contributed by atoms with Gasteiger partial charge in [0.15, 0.2) is 0 Å². The van der Waals surface area contributed by atoms with Gasteiger partial charge in [-0.2, -0.15) is 0 Å². The maximum atomic E-state index is 3.73. The second kappa shape index (κ2) is 4.38. The molecule has 0 aromatic heterocycles. The van der Waals surface area contributed by atoms with Gasteiger partial charge in [-0.05, 0) is 67.9 Å². The standard InChI is InChI=1S/C17H23N/c1-2-4-12(5-3-1)16-10-17(16)15-9-6-13(15)11-18-14-7-8-14/h1-5,13-18H,6-11H2. The van der Waals surface area contributed by atoms with Gasteiger partial charge < -0.3 is 5.32 Å². The molecule has 3 saturated carbocycles. The van der Waals surface area contributed by atoms with Crippen molar-refractivity contribution in [3.8, 4) is 0 Å². The molecule has 3 aliphatic carbocycles. The second-order valence-electron chi connectivity index (χ2n) is 6.60. The van der Waals surface area contributed by atoms with Gasteiger partial charge in [-0.3, -0.25) is 0 Å². The van der Waals surface area contributed by atoms with E-state index < -0.39 is 0 Å². The summed E-state index contributed by atoms with van der Waals surface area (Å²) in [6.45, 7) is 1.30. The van der Waals surface area contributed by atoms with Crippen molar-refractivity contribution in [3.63, 3.8) is 0 Å². The largest absolute Gasteiger partial charge is 0.314 e. The van der Waals surface area contributed by atoms with Gasteiger partial charge in [0.1, 0.15) is 0 Å². The van der Waals surface area contributed by atoms with Gasteiger partial charge in [-0.1, -0.05) is 30.3 Å². The summed E-state index contributed by atoms with van der Waals surface area (Å²) in [5.41, 5.74) is 1.59. The zero-order chi connectivity index (χ0) is 11.9. The van der Waals surface area contributed by atoms with Gasteiger partial charge in [0, 0.05) is 6.04 Å². The number of hydrogen-bond donors (Lipinski definition) is 1. The predicted octanol–water partition coefficient (Wildman–Crippen LogP) is 3.57. The normalized spacial score (nSPS) is 38.2. The van der Waals surface area contributed by atoms with Gasteiger partial charge >= 0.3 is 0 Å². The van der Waals surface area contributed by atoms with Crippen LogP contribution >= 0.6 is 0 Å². The zero-order valence-electron chi connectivity index (χ0n) is 11.0. The van der Waals surface area contributed by atoms with Crippen LogP contribution < -0.4 is 5.32 Å². The molecular weight excluding hydrogens is 218 g/mol. The van der Waals surface area contributed by atoms with Gasteiger partial charge in [0.05, 0.1) is 0 Å². The maximum Gasteiger partial charge on any atom is 0.00683 e. The van der Waals surface area contributed by atoms with E-state index in [1.807, 2.05) is 0 Å². The molecule has 3 fully saturated rings. The molecule has 0 bridgehead atoms. The molecule has 4 rings (SSSR count). The minimum Gasteiger partial charge on any atom is -0.314 e. The summed E-state index contributed by atoms with van der Waals surface area (Å²) in [5, 5.41) is 3.73. The van der Waals surface area contributed by atoms with E-state index in [2.05, 4.69) is 35.6 Å². The van der Waals surface area contributed by atoms with Crippen LogP contribution in [0.5, 0.6) is 0 Å². The van der Waals surface area contributed by atoms with E-state index in [1.165, 1.54) is 38.6 Å². The Morgan fingerprint density at radius 3 is 2.44 bits per heavy atom. The first-order valence-electron chi connectivity index (χ1n) is 7.70. The molecule has 1 aromatic rings. The van der Waals surface area contributed by atoms with Crippen LogP contribution in [0, 0.1) is 17.8 Å². The highest BCUT2D eigenvalue weighted by Gasteiger charge is 2.49. The van der Waals surface area contributed by atoms with Crippen molar-refractivity contribution >= 4 is 0 Å². The first-order valence-corrected chi connectivity index (χ1v) is 7.70. The Hall–Kier alpha value is -0.820. The van der Waals surface area contributed by atoms with E-state index in [0.717, 1.165) is 29.7 Å². The zero-order valence-corrected chi connectivity index (χ0v) is 11.0. The monoisotopic (exact) mass is 241 g/mol. The van der Waals surface area contributed by atoms with E-state index in [9.17, 15) is 0 Å². The third kappa shape index (κ3) is 2.09. The Balaban J connectivity index is 1.32. The molecule has 4 unspecified atom stereocenters. The minimum atomic E-state index is 0.885. The Morgan fingerprint density at radius 2 is 1.78 bits per heavy atom. The number of benzene rings is 1. The Bertz CT molecular complexity index is 409. The topological polar surface area (TPSA) is 12.0 Å². The molecule has 1 aromatic carbocycles. The van der Waals surface area contributed by atoms with E-state index in [0.29, 0.717) is 0 Å². The molecule has 3 aliphatic rings. The molecule has 0 aliphatic heterocycles. The highest BCUT2D eigenvalue weighted by molar-refractivity contribution is 5.26. The van der Waals surface area contributed by atoms with Crippen LogP contribution in [0.3, 0.4) is 0 Å². The highest BCUT2D eigenvalue weighted by atomic mass is 15.0. The summed E-state index contributed by atoms with van der Waals surface area (Å²) in [6.07, 6.45) is 7.27. The van der Waals surface area contributed by atoms with E-state index >= 15 is 0 Å². The molecule has 0 spiro atoms. The number of nitrogens with one attached hydrogen (secondary N) is 1. The number of hydrogen-bond acceptors (Lipinski definition) is 1. The average Bonchev–Trinajstić information content (AvgIpc) is 3.23. The molecule has 1 N–H and O–H groups in total. The third-order valence-electron chi connectivity index (χ3n) is 5.34. The lowest BCUT2D eigenvalue weighted by Gasteiger charge is -2.37. The van der Waals surface area contributed by atoms with Crippen LogP contribution in [0.2, 0.25) is 0 Å². The maximum absolute atomic E-state index is 3.73. The van der Waals surface area contributed by atoms with Crippen LogP contribution in [0.1, 0.15) is 43.6 Å². The molecular formula is C17H23N. The summed E-state index contributed by atoms with van der Waals surface area (Å²) in [4.78, 5) is 0. The fourth-order valence-electron chi connectivity index (χ4n) is 3.79. The second-order valence-corrected chi connectivity index (χ2v) is 6.60. The van der Waals surface area contributed by atoms with Crippen LogP contribution in [-0.2, 0) is 0 Å². The molecule has 0 heterocycles. The van der Waals surface area contributed by atoms with Crippen molar-refractivity contribution in [3.05, 3.63) is 35.9 Å². The summed E-state index contributed by atoms with van der Waals surface area (Å²) < 4.78 is 0. The quantitative estimate of drug-likeness (QED) is 0.831. The Kier molecular flexibility index (Phi) is 2.69. The molecule has 96 valence electrons. The molecule has 0 amide bonds. The summed E-state index contributed by atoms with van der Waals surface area (Å²) in [6, 6.07) is 12.0. The fraction of sp³-hybridized carbons (Fsp3) is 0.647. The highest BCUT2D eigenvalue weighted by Crippen LogP contribution is 2.58. The van der Waals surface area contributed by atoms with Crippen LogP contribution in [0.15, 0.2) is 30.3 Å². The molecule has 18 heavy (non-hydrogen) atoms. The van der Waals surface area contributed by atoms with Gasteiger partial charge in [0.2, 0.25) is 0 Å². The van der Waals surface area contributed by atoms with E-state index in [1.54, 1.807) is 5.56 Å².